The predicted octanol–water partition coefficient (Wildman–Crippen LogP) is 5.10. The molecule has 11 heteroatoms. The minimum Gasteiger partial charge on any atom is -0.352 e. The van der Waals surface area contributed by atoms with Crippen LogP contribution < -0.4 is 15.5 Å². The topological polar surface area (TPSA) is 120 Å². The van der Waals surface area contributed by atoms with E-state index >= 15 is 0 Å². The SMILES string of the molecule is CCNC(=O)c1c(NC(=O)c2csc(-c3ccncc3)n2)[nH]c2cc(N(C)C(=O)c3ccc(F)cc3)ccc12. The van der Waals surface area contributed by atoms with E-state index in [9.17, 15) is 18.8 Å². The van der Waals surface area contributed by atoms with Crippen LogP contribution in [0.3, 0.4) is 0 Å². The van der Waals surface area contributed by atoms with Crippen LogP contribution in [0.25, 0.3) is 21.5 Å². The number of carbonyl (C=O) groups is 3. The molecule has 0 saturated heterocycles. The van der Waals surface area contributed by atoms with Gasteiger partial charge in [-0.2, -0.15) is 0 Å². The summed E-state index contributed by atoms with van der Waals surface area (Å²) in [5.41, 5.74) is 2.73. The zero-order valence-corrected chi connectivity index (χ0v) is 21.8. The Balaban J connectivity index is 1.46. The second kappa shape index (κ2) is 10.8. The minimum atomic E-state index is -0.479. The number of thiazole rings is 1. The van der Waals surface area contributed by atoms with Gasteiger partial charge >= 0.3 is 0 Å². The number of nitrogens with one attached hydrogen (secondary N) is 3. The Morgan fingerprint density at radius 2 is 1.77 bits per heavy atom. The lowest BCUT2D eigenvalue weighted by Crippen LogP contribution is -2.26. The van der Waals surface area contributed by atoms with Gasteiger partial charge in [0.15, 0.2) is 0 Å². The molecule has 0 radical (unpaired) electrons. The summed E-state index contributed by atoms with van der Waals surface area (Å²) in [5, 5.41) is 8.44. The summed E-state index contributed by atoms with van der Waals surface area (Å²) in [6.07, 6.45) is 3.30. The summed E-state index contributed by atoms with van der Waals surface area (Å²) >= 11 is 1.32. The van der Waals surface area contributed by atoms with E-state index in [4.69, 9.17) is 0 Å². The lowest BCUT2D eigenvalue weighted by atomic mass is 10.1. The van der Waals surface area contributed by atoms with E-state index in [1.807, 2.05) is 0 Å². The Morgan fingerprint density at radius 1 is 1.03 bits per heavy atom. The number of hydrogen-bond acceptors (Lipinski definition) is 6. The normalized spacial score (nSPS) is 10.8. The van der Waals surface area contributed by atoms with Crippen LogP contribution in [0.4, 0.5) is 15.9 Å². The van der Waals surface area contributed by atoms with Crippen LogP contribution in [0.15, 0.2) is 72.4 Å². The second-order valence-electron chi connectivity index (χ2n) is 8.56. The molecule has 3 amide bonds. The smallest absolute Gasteiger partial charge is 0.276 e. The highest BCUT2D eigenvalue weighted by molar-refractivity contribution is 7.13. The number of amides is 3. The molecule has 39 heavy (non-hydrogen) atoms. The maximum Gasteiger partial charge on any atom is 0.276 e. The quantitative estimate of drug-likeness (QED) is 0.264. The van der Waals surface area contributed by atoms with Crippen molar-refractivity contribution in [2.24, 2.45) is 0 Å². The summed E-state index contributed by atoms with van der Waals surface area (Å²) in [4.78, 5) is 52.0. The average molecular weight is 543 g/mol. The number of halogens is 1. The minimum absolute atomic E-state index is 0.206. The highest BCUT2D eigenvalue weighted by Gasteiger charge is 2.23. The van der Waals surface area contributed by atoms with Crippen molar-refractivity contribution in [1.82, 2.24) is 20.3 Å². The lowest BCUT2D eigenvalue weighted by Gasteiger charge is -2.17. The number of H-pyrrole nitrogens is 1. The van der Waals surface area contributed by atoms with Gasteiger partial charge in [-0.05, 0) is 61.5 Å². The highest BCUT2D eigenvalue weighted by atomic mass is 32.1. The van der Waals surface area contributed by atoms with Crippen molar-refractivity contribution in [3.05, 3.63) is 95.0 Å². The molecule has 3 N–H and O–H groups in total. The monoisotopic (exact) mass is 542 g/mol. The van der Waals surface area contributed by atoms with E-state index in [-0.39, 0.29) is 28.9 Å². The largest absolute Gasteiger partial charge is 0.352 e. The summed E-state index contributed by atoms with van der Waals surface area (Å²) in [6.45, 7) is 2.20. The van der Waals surface area contributed by atoms with Gasteiger partial charge in [-0.25, -0.2) is 9.37 Å². The molecule has 0 aliphatic heterocycles. The van der Waals surface area contributed by atoms with Gasteiger partial charge in [-0.3, -0.25) is 19.4 Å². The van der Waals surface area contributed by atoms with Crippen LogP contribution in [0.2, 0.25) is 0 Å². The Labute approximate surface area is 226 Å². The first-order valence-electron chi connectivity index (χ1n) is 12.0. The van der Waals surface area contributed by atoms with Crippen molar-refractivity contribution in [2.75, 3.05) is 23.8 Å². The van der Waals surface area contributed by atoms with Crippen molar-refractivity contribution in [1.29, 1.82) is 0 Å². The predicted molar refractivity (Wildman–Crippen MR) is 149 cm³/mol. The molecule has 0 fully saturated rings. The van der Waals surface area contributed by atoms with Gasteiger partial charge in [-0.15, -0.1) is 11.3 Å². The number of nitrogens with zero attached hydrogens (tertiary/aromatic N) is 3. The highest BCUT2D eigenvalue weighted by Crippen LogP contribution is 2.31. The van der Waals surface area contributed by atoms with Crippen LogP contribution in [-0.2, 0) is 0 Å². The number of pyridine rings is 1. The summed E-state index contributed by atoms with van der Waals surface area (Å²) < 4.78 is 13.3. The molecule has 9 nitrogen and oxygen atoms in total. The molecule has 0 atom stereocenters. The van der Waals surface area contributed by atoms with Crippen LogP contribution in [0.5, 0.6) is 0 Å². The Hall–Kier alpha value is -4.90. The Kier molecular flexibility index (Phi) is 7.15. The molecule has 0 saturated carbocycles. The number of fused-ring (bicyclic) bond motifs is 1. The zero-order chi connectivity index (χ0) is 27.5. The number of hydrogen-bond donors (Lipinski definition) is 3. The van der Waals surface area contributed by atoms with Gasteiger partial charge in [0.1, 0.15) is 22.3 Å². The van der Waals surface area contributed by atoms with Gasteiger partial charge in [-0.1, -0.05) is 0 Å². The molecule has 0 unspecified atom stereocenters. The molecule has 5 rings (SSSR count). The molecule has 2 aromatic carbocycles. The Bertz CT molecular complexity index is 1680. The molecular weight excluding hydrogens is 519 g/mol. The van der Waals surface area contributed by atoms with E-state index in [0.29, 0.717) is 33.7 Å². The van der Waals surface area contributed by atoms with Crippen LogP contribution in [0.1, 0.15) is 38.1 Å². The first-order valence-corrected chi connectivity index (χ1v) is 12.9. The third kappa shape index (κ3) is 5.25. The van der Waals surface area contributed by atoms with Crippen LogP contribution in [-0.4, -0.2) is 46.3 Å². The van der Waals surface area contributed by atoms with Crippen LogP contribution in [0, 0.1) is 5.82 Å². The fourth-order valence-electron chi connectivity index (χ4n) is 4.06. The number of rotatable bonds is 7. The molecule has 3 aromatic heterocycles. The van der Waals surface area contributed by atoms with E-state index in [0.717, 1.165) is 5.56 Å². The van der Waals surface area contributed by atoms with E-state index in [2.05, 4.69) is 25.6 Å². The number of aromatic nitrogens is 3. The van der Waals surface area contributed by atoms with Crippen molar-refractivity contribution in [3.63, 3.8) is 0 Å². The first-order chi connectivity index (χ1) is 18.9. The fraction of sp³-hybridized carbons (Fsp3) is 0.107. The summed E-state index contributed by atoms with van der Waals surface area (Å²) in [6, 6.07) is 14.0. The number of aromatic amines is 1. The maximum absolute atomic E-state index is 13.3. The van der Waals surface area contributed by atoms with Crippen molar-refractivity contribution in [2.45, 2.75) is 6.92 Å². The maximum atomic E-state index is 13.3. The van der Waals surface area contributed by atoms with E-state index in [1.54, 1.807) is 62.1 Å². The summed E-state index contributed by atoms with van der Waals surface area (Å²) in [5.74, 6) is -1.39. The third-order valence-electron chi connectivity index (χ3n) is 6.03. The second-order valence-corrected chi connectivity index (χ2v) is 9.42. The van der Waals surface area contributed by atoms with E-state index < -0.39 is 11.7 Å². The molecule has 5 aromatic rings. The standard InChI is InChI=1S/C28H23FN6O3S/c1-3-31-26(37)23-20-9-8-19(35(2)28(38)17-4-6-18(29)7-5-17)14-21(20)32-24(23)34-25(36)22-15-39-27(33-22)16-10-12-30-13-11-16/h4-15,32H,3H2,1-2H3,(H,31,37)(H,34,36). The average Bonchev–Trinajstić information content (AvgIpc) is 3.58. The van der Waals surface area contributed by atoms with Crippen molar-refractivity contribution >= 4 is 51.5 Å². The van der Waals surface area contributed by atoms with Crippen molar-refractivity contribution in [3.8, 4) is 10.6 Å². The van der Waals surface area contributed by atoms with Crippen molar-refractivity contribution < 1.29 is 18.8 Å². The lowest BCUT2D eigenvalue weighted by molar-refractivity contribution is 0.0956. The molecule has 0 spiro atoms. The number of benzene rings is 2. The molecule has 0 aliphatic rings. The van der Waals surface area contributed by atoms with Gasteiger partial charge in [0.2, 0.25) is 0 Å². The fourth-order valence-corrected chi connectivity index (χ4v) is 4.86. The number of carbonyl (C=O) groups excluding carboxylic acids is 3. The third-order valence-corrected chi connectivity index (χ3v) is 6.92. The summed E-state index contributed by atoms with van der Waals surface area (Å²) in [7, 11) is 1.60. The number of anilines is 2. The van der Waals surface area contributed by atoms with Gasteiger partial charge in [0.05, 0.1) is 5.56 Å². The van der Waals surface area contributed by atoms with Gasteiger partial charge in [0.25, 0.3) is 17.7 Å². The molecule has 3 heterocycles. The van der Waals surface area contributed by atoms with Gasteiger partial charge in [0, 0.05) is 59.1 Å². The zero-order valence-electron chi connectivity index (χ0n) is 21.0. The molecule has 196 valence electrons. The molecular formula is C28H23FN6O3S. The van der Waals surface area contributed by atoms with Crippen LogP contribution >= 0.6 is 11.3 Å². The first kappa shape index (κ1) is 25.7. The van der Waals surface area contributed by atoms with E-state index in [1.165, 1.54) is 40.5 Å². The molecule has 0 aliphatic carbocycles. The Morgan fingerprint density at radius 3 is 2.49 bits per heavy atom. The van der Waals surface area contributed by atoms with Gasteiger partial charge < -0.3 is 20.5 Å². The molecule has 0 bridgehead atoms.